The number of esters is 1. The Hall–Kier alpha value is -1.82. The molecule has 0 radical (unpaired) electrons. The summed E-state index contributed by atoms with van der Waals surface area (Å²) in [4.78, 5) is 26.9. The molecular weight excluding hydrogens is 348 g/mol. The molecule has 2 N–H and O–H groups in total. The lowest BCUT2D eigenvalue weighted by Gasteiger charge is -2.24. The van der Waals surface area contributed by atoms with Gasteiger partial charge in [0.25, 0.3) is 5.91 Å². The Morgan fingerprint density at radius 3 is 2.64 bits per heavy atom. The third-order valence-electron chi connectivity index (χ3n) is 3.54. The van der Waals surface area contributed by atoms with Crippen LogP contribution in [0.2, 0.25) is 0 Å². The average Bonchev–Trinajstić information content (AvgIpc) is 2.82. The van der Waals surface area contributed by atoms with Crippen LogP contribution in [0.3, 0.4) is 0 Å². The number of hydrogen-bond acceptors (Lipinski definition) is 3. The normalized spacial score (nSPS) is 11.5. The van der Waals surface area contributed by atoms with Gasteiger partial charge in [-0.15, -0.1) is 0 Å². The van der Waals surface area contributed by atoms with Crippen molar-refractivity contribution in [2.75, 3.05) is 6.61 Å². The van der Waals surface area contributed by atoms with Gasteiger partial charge in [0.15, 0.2) is 6.61 Å². The third kappa shape index (κ3) is 3.68. The fourth-order valence-electron chi connectivity index (χ4n) is 1.95. The predicted molar refractivity (Wildman–Crippen MR) is 88.8 cm³/mol. The van der Waals surface area contributed by atoms with E-state index in [0.717, 1.165) is 17.3 Å². The van der Waals surface area contributed by atoms with Crippen molar-refractivity contribution in [2.24, 2.45) is 0 Å². The largest absolute Gasteiger partial charge is 0.451 e. The van der Waals surface area contributed by atoms with E-state index >= 15 is 0 Å². The smallest absolute Gasteiger partial charge is 0.356 e. The van der Waals surface area contributed by atoms with Crippen LogP contribution in [0.25, 0.3) is 10.9 Å². The average molecular weight is 367 g/mol. The molecule has 0 aliphatic rings. The molecule has 1 aromatic carbocycles. The van der Waals surface area contributed by atoms with Crippen LogP contribution in [-0.2, 0) is 9.53 Å². The summed E-state index contributed by atoms with van der Waals surface area (Å²) in [6.45, 7) is 5.51. The van der Waals surface area contributed by atoms with Crippen molar-refractivity contribution < 1.29 is 14.3 Å². The number of carbonyl (C=O) groups is 2. The molecule has 0 saturated carbocycles. The predicted octanol–water partition coefficient (Wildman–Crippen LogP) is 3.39. The third-order valence-corrected chi connectivity index (χ3v) is 4.37. The molecule has 0 saturated heterocycles. The molecule has 22 heavy (non-hydrogen) atoms. The van der Waals surface area contributed by atoms with E-state index in [1.807, 2.05) is 45.0 Å². The Balaban J connectivity index is 2.03. The van der Waals surface area contributed by atoms with E-state index < -0.39 is 5.97 Å². The number of amides is 1. The van der Waals surface area contributed by atoms with E-state index in [2.05, 4.69) is 26.2 Å². The molecular formula is C16H19BrN2O3. The van der Waals surface area contributed by atoms with Crippen LogP contribution in [-0.4, -0.2) is 29.0 Å². The van der Waals surface area contributed by atoms with Gasteiger partial charge in [-0.05, 0) is 42.3 Å². The number of benzene rings is 1. The fraction of sp³-hybridized carbons (Fsp3) is 0.375. The van der Waals surface area contributed by atoms with Crippen molar-refractivity contribution in [2.45, 2.75) is 32.7 Å². The summed E-state index contributed by atoms with van der Waals surface area (Å²) in [7, 11) is 0. The summed E-state index contributed by atoms with van der Waals surface area (Å²) >= 11 is 3.39. The maximum absolute atomic E-state index is 12.1. The lowest BCUT2D eigenvalue weighted by molar-refractivity contribution is -0.125. The zero-order valence-electron chi connectivity index (χ0n) is 12.8. The minimum atomic E-state index is -0.562. The zero-order chi connectivity index (χ0) is 16.3. The van der Waals surface area contributed by atoms with Gasteiger partial charge in [-0.1, -0.05) is 25.1 Å². The SMILES string of the molecule is CCC(C)(C)NC(=O)COC(=O)c1[nH]c2ccccc2c1Br. The van der Waals surface area contributed by atoms with Crippen molar-refractivity contribution in [1.82, 2.24) is 10.3 Å². The maximum Gasteiger partial charge on any atom is 0.356 e. The molecule has 0 aliphatic heterocycles. The highest BCUT2D eigenvalue weighted by Gasteiger charge is 2.21. The molecule has 0 atom stereocenters. The molecule has 0 fully saturated rings. The van der Waals surface area contributed by atoms with E-state index in [9.17, 15) is 9.59 Å². The van der Waals surface area contributed by atoms with Gasteiger partial charge in [0.2, 0.25) is 0 Å². The first-order valence-electron chi connectivity index (χ1n) is 7.08. The second-order valence-corrected chi connectivity index (χ2v) is 6.51. The monoisotopic (exact) mass is 366 g/mol. The fourth-order valence-corrected chi connectivity index (χ4v) is 2.56. The van der Waals surface area contributed by atoms with Gasteiger partial charge in [0.05, 0.1) is 4.47 Å². The number of aromatic amines is 1. The van der Waals surface area contributed by atoms with Crippen LogP contribution in [0.5, 0.6) is 0 Å². The maximum atomic E-state index is 12.1. The highest BCUT2D eigenvalue weighted by Crippen LogP contribution is 2.28. The molecule has 1 aromatic heterocycles. The number of aromatic nitrogens is 1. The minimum absolute atomic E-state index is 0.302. The molecule has 6 heteroatoms. The number of rotatable bonds is 5. The van der Waals surface area contributed by atoms with E-state index in [-0.39, 0.29) is 18.1 Å². The standard InChI is InChI=1S/C16H19BrN2O3/c1-4-16(2,3)19-12(20)9-22-15(21)14-13(17)10-7-5-6-8-11(10)18-14/h5-8,18H,4,9H2,1-3H3,(H,19,20). The molecule has 0 aliphatic carbocycles. The van der Waals surface area contributed by atoms with E-state index in [4.69, 9.17) is 4.74 Å². The first-order valence-corrected chi connectivity index (χ1v) is 7.87. The molecule has 2 rings (SSSR count). The Kier molecular flexibility index (Phi) is 4.90. The minimum Gasteiger partial charge on any atom is -0.451 e. The summed E-state index contributed by atoms with van der Waals surface area (Å²) in [5, 5.41) is 3.71. The van der Waals surface area contributed by atoms with E-state index in [0.29, 0.717) is 10.2 Å². The molecule has 1 amide bonds. The number of halogens is 1. The van der Waals surface area contributed by atoms with E-state index in [1.54, 1.807) is 0 Å². The van der Waals surface area contributed by atoms with Gasteiger partial charge in [0.1, 0.15) is 5.69 Å². The number of H-pyrrole nitrogens is 1. The van der Waals surface area contributed by atoms with Crippen LogP contribution in [0, 0.1) is 0 Å². The van der Waals surface area contributed by atoms with Crippen LogP contribution >= 0.6 is 15.9 Å². The lowest BCUT2D eigenvalue weighted by Crippen LogP contribution is -2.44. The first kappa shape index (κ1) is 16.5. The number of carbonyl (C=O) groups excluding carboxylic acids is 2. The zero-order valence-corrected chi connectivity index (χ0v) is 14.4. The van der Waals surface area contributed by atoms with Gasteiger partial charge in [0, 0.05) is 16.4 Å². The van der Waals surface area contributed by atoms with E-state index in [1.165, 1.54) is 0 Å². The quantitative estimate of drug-likeness (QED) is 0.796. The Bertz CT molecular complexity index is 706. The number of para-hydroxylation sites is 1. The van der Waals surface area contributed by atoms with Gasteiger partial charge in [-0.25, -0.2) is 4.79 Å². The Labute approximate surface area is 137 Å². The molecule has 5 nitrogen and oxygen atoms in total. The Morgan fingerprint density at radius 2 is 2.00 bits per heavy atom. The lowest BCUT2D eigenvalue weighted by atomic mass is 10.0. The molecule has 0 unspecified atom stereocenters. The van der Waals surface area contributed by atoms with Crippen molar-refractivity contribution in [3.8, 4) is 0 Å². The van der Waals surface area contributed by atoms with Crippen LogP contribution in [0.15, 0.2) is 28.7 Å². The van der Waals surface area contributed by atoms with Crippen LogP contribution in [0.1, 0.15) is 37.7 Å². The molecule has 1 heterocycles. The summed E-state index contributed by atoms with van der Waals surface area (Å²) in [5.74, 6) is -0.875. The number of fused-ring (bicyclic) bond motifs is 1. The van der Waals surface area contributed by atoms with Crippen LogP contribution < -0.4 is 5.32 Å². The van der Waals surface area contributed by atoms with Gasteiger partial charge >= 0.3 is 5.97 Å². The summed E-state index contributed by atoms with van der Waals surface area (Å²) in [5.41, 5.74) is 0.826. The highest BCUT2D eigenvalue weighted by molar-refractivity contribution is 9.10. The number of ether oxygens (including phenoxy) is 1. The second kappa shape index (κ2) is 6.52. The topological polar surface area (TPSA) is 71.2 Å². The highest BCUT2D eigenvalue weighted by atomic mass is 79.9. The van der Waals surface area contributed by atoms with Gasteiger partial charge < -0.3 is 15.0 Å². The number of hydrogen-bond donors (Lipinski definition) is 2. The van der Waals surface area contributed by atoms with Crippen molar-refractivity contribution in [3.05, 3.63) is 34.4 Å². The first-order chi connectivity index (χ1) is 10.3. The summed E-state index contributed by atoms with van der Waals surface area (Å²) in [6.07, 6.45) is 0.792. The van der Waals surface area contributed by atoms with Crippen molar-refractivity contribution >= 4 is 38.7 Å². The van der Waals surface area contributed by atoms with Crippen molar-refractivity contribution in [3.63, 3.8) is 0 Å². The molecule has 2 aromatic rings. The van der Waals surface area contributed by atoms with Crippen LogP contribution in [0.4, 0.5) is 0 Å². The molecule has 0 bridgehead atoms. The number of nitrogens with one attached hydrogen (secondary N) is 2. The molecule has 118 valence electrons. The van der Waals surface area contributed by atoms with Gasteiger partial charge in [-0.2, -0.15) is 0 Å². The molecule has 0 spiro atoms. The summed E-state index contributed by atoms with van der Waals surface area (Å²) in [6, 6.07) is 7.52. The second-order valence-electron chi connectivity index (χ2n) is 5.72. The summed E-state index contributed by atoms with van der Waals surface area (Å²) < 4.78 is 5.72. The van der Waals surface area contributed by atoms with Gasteiger partial charge in [-0.3, -0.25) is 4.79 Å². The van der Waals surface area contributed by atoms with Crippen molar-refractivity contribution in [1.29, 1.82) is 0 Å². The Morgan fingerprint density at radius 1 is 1.32 bits per heavy atom.